The Kier molecular flexibility index (Phi) is 6.46. The smallest absolute Gasteiger partial charge is 0.222 e. The number of nitrogens with one attached hydrogen (secondary N) is 2. The van der Waals surface area contributed by atoms with E-state index in [0.717, 1.165) is 0 Å². The van der Waals surface area contributed by atoms with Gasteiger partial charge in [0.15, 0.2) is 0 Å². The highest BCUT2D eigenvalue weighted by Crippen LogP contribution is 1.98. The van der Waals surface area contributed by atoms with Crippen LogP contribution in [0, 0.1) is 5.92 Å². The number of hydrogen-bond donors (Lipinski definition) is 3. The van der Waals surface area contributed by atoms with Gasteiger partial charge in [0.1, 0.15) is 0 Å². The first-order valence-electron chi connectivity index (χ1n) is 4.82. The molecule has 0 aromatic rings. The van der Waals surface area contributed by atoms with Crippen LogP contribution in [0.2, 0.25) is 0 Å². The molecule has 0 bridgehead atoms. The van der Waals surface area contributed by atoms with Gasteiger partial charge in [0.2, 0.25) is 15.9 Å². The quantitative estimate of drug-likeness (QED) is 0.509. The zero-order chi connectivity index (χ0) is 11.9. The lowest BCUT2D eigenvalue weighted by Crippen LogP contribution is -2.36. The van der Waals surface area contributed by atoms with E-state index in [2.05, 4.69) is 10.0 Å². The minimum atomic E-state index is -3.24. The van der Waals surface area contributed by atoms with Crippen LogP contribution in [0.5, 0.6) is 0 Å². The summed E-state index contributed by atoms with van der Waals surface area (Å²) in [4.78, 5) is 11.3. The summed E-state index contributed by atoms with van der Waals surface area (Å²) in [5, 5.41) is 2.54. The molecule has 0 fully saturated rings. The van der Waals surface area contributed by atoms with E-state index in [1.54, 1.807) is 6.92 Å². The largest absolute Gasteiger partial charge is 0.355 e. The van der Waals surface area contributed by atoms with Gasteiger partial charge < -0.3 is 11.1 Å². The highest BCUT2D eigenvalue weighted by atomic mass is 32.2. The molecule has 6 nitrogen and oxygen atoms in total. The van der Waals surface area contributed by atoms with Crippen molar-refractivity contribution < 1.29 is 13.2 Å². The van der Waals surface area contributed by atoms with E-state index >= 15 is 0 Å². The summed E-state index contributed by atoms with van der Waals surface area (Å²) >= 11 is 0. The Morgan fingerprint density at radius 2 is 2.07 bits per heavy atom. The zero-order valence-corrected chi connectivity index (χ0v) is 9.93. The molecule has 0 radical (unpaired) electrons. The van der Waals surface area contributed by atoms with E-state index in [9.17, 15) is 13.2 Å². The zero-order valence-electron chi connectivity index (χ0n) is 9.12. The molecule has 1 amide bonds. The lowest BCUT2D eigenvalue weighted by Gasteiger charge is -2.10. The Labute approximate surface area is 90.7 Å². The van der Waals surface area contributed by atoms with Crippen molar-refractivity contribution in [2.75, 3.05) is 25.9 Å². The number of amides is 1. The summed E-state index contributed by atoms with van der Waals surface area (Å²) in [6.07, 6.45) is 0.602. The van der Waals surface area contributed by atoms with Crippen molar-refractivity contribution >= 4 is 15.9 Å². The van der Waals surface area contributed by atoms with Gasteiger partial charge in [-0.15, -0.1) is 0 Å². The van der Waals surface area contributed by atoms with Gasteiger partial charge >= 0.3 is 0 Å². The van der Waals surface area contributed by atoms with Gasteiger partial charge in [0, 0.05) is 12.5 Å². The normalized spacial score (nSPS) is 13.5. The fourth-order valence-electron chi connectivity index (χ4n) is 0.966. The van der Waals surface area contributed by atoms with Crippen LogP contribution >= 0.6 is 0 Å². The van der Waals surface area contributed by atoms with Crippen LogP contribution in [-0.4, -0.2) is 40.2 Å². The summed E-state index contributed by atoms with van der Waals surface area (Å²) in [6.45, 7) is 2.33. The second-order valence-electron chi connectivity index (χ2n) is 3.29. The molecule has 0 aromatic carbocycles. The SMILES string of the molecule is CNS(=O)(=O)CCNC(=O)C(C)CCN. The van der Waals surface area contributed by atoms with Gasteiger partial charge in [0.05, 0.1) is 5.75 Å². The van der Waals surface area contributed by atoms with Crippen LogP contribution in [0.3, 0.4) is 0 Å². The molecule has 90 valence electrons. The lowest BCUT2D eigenvalue weighted by atomic mass is 10.1. The van der Waals surface area contributed by atoms with Crippen molar-refractivity contribution in [2.45, 2.75) is 13.3 Å². The van der Waals surface area contributed by atoms with Crippen LogP contribution in [0.1, 0.15) is 13.3 Å². The summed E-state index contributed by atoms with van der Waals surface area (Å²) in [6, 6.07) is 0. The molecule has 0 aliphatic heterocycles. The van der Waals surface area contributed by atoms with Crippen molar-refractivity contribution in [3.05, 3.63) is 0 Å². The first-order chi connectivity index (χ1) is 6.93. The first kappa shape index (κ1) is 14.3. The maximum atomic E-state index is 11.3. The topological polar surface area (TPSA) is 101 Å². The third-order valence-corrected chi connectivity index (χ3v) is 3.39. The van der Waals surface area contributed by atoms with Gasteiger partial charge in [-0.05, 0) is 20.0 Å². The summed E-state index contributed by atoms with van der Waals surface area (Å²) < 4.78 is 24.2. The molecular formula is C8H19N3O3S. The molecule has 0 saturated heterocycles. The molecule has 0 aliphatic carbocycles. The minimum absolute atomic E-state index is 0.107. The molecule has 0 heterocycles. The number of rotatable bonds is 7. The summed E-state index contributed by atoms with van der Waals surface area (Å²) in [7, 11) is -1.90. The Morgan fingerprint density at radius 3 is 2.53 bits per heavy atom. The number of carbonyl (C=O) groups is 1. The number of hydrogen-bond acceptors (Lipinski definition) is 4. The molecule has 1 atom stereocenters. The second kappa shape index (κ2) is 6.76. The molecular weight excluding hydrogens is 218 g/mol. The molecule has 15 heavy (non-hydrogen) atoms. The van der Waals surface area contributed by atoms with Gasteiger partial charge in [-0.1, -0.05) is 6.92 Å². The Hall–Kier alpha value is -0.660. The number of sulfonamides is 1. The fraction of sp³-hybridized carbons (Fsp3) is 0.875. The average Bonchev–Trinajstić information content (AvgIpc) is 2.18. The standard InChI is InChI=1S/C8H19N3O3S/c1-7(3-4-9)8(12)11-5-6-15(13,14)10-2/h7,10H,3-6,9H2,1-2H3,(H,11,12). The van der Waals surface area contributed by atoms with Crippen molar-refractivity contribution in [1.29, 1.82) is 0 Å². The van der Waals surface area contributed by atoms with Crippen molar-refractivity contribution in [3.8, 4) is 0 Å². The third kappa shape index (κ3) is 6.43. The molecule has 4 N–H and O–H groups in total. The Morgan fingerprint density at radius 1 is 1.47 bits per heavy atom. The maximum absolute atomic E-state index is 11.3. The van der Waals surface area contributed by atoms with Gasteiger partial charge in [0.25, 0.3) is 0 Å². The Balaban J connectivity index is 3.82. The summed E-state index contributed by atoms with van der Waals surface area (Å²) in [5.74, 6) is -0.441. The van der Waals surface area contributed by atoms with Gasteiger partial charge in [-0.3, -0.25) is 4.79 Å². The monoisotopic (exact) mass is 237 g/mol. The van der Waals surface area contributed by atoms with Gasteiger partial charge in [-0.2, -0.15) is 0 Å². The van der Waals surface area contributed by atoms with E-state index in [0.29, 0.717) is 13.0 Å². The molecule has 0 rings (SSSR count). The maximum Gasteiger partial charge on any atom is 0.222 e. The first-order valence-corrected chi connectivity index (χ1v) is 6.47. The average molecular weight is 237 g/mol. The predicted octanol–water partition coefficient (Wildman–Crippen LogP) is -1.36. The van der Waals surface area contributed by atoms with Crippen molar-refractivity contribution in [2.24, 2.45) is 11.7 Å². The molecule has 1 unspecified atom stereocenters. The number of nitrogens with two attached hydrogens (primary N) is 1. The fourth-order valence-corrected chi connectivity index (χ4v) is 1.54. The van der Waals surface area contributed by atoms with Gasteiger partial charge in [-0.25, -0.2) is 13.1 Å². The minimum Gasteiger partial charge on any atom is -0.355 e. The van der Waals surface area contributed by atoms with Crippen LogP contribution in [-0.2, 0) is 14.8 Å². The summed E-state index contributed by atoms with van der Waals surface area (Å²) in [5.41, 5.74) is 5.30. The molecule has 0 aromatic heterocycles. The molecule has 7 heteroatoms. The van der Waals surface area contributed by atoms with Crippen LogP contribution in [0.4, 0.5) is 0 Å². The van der Waals surface area contributed by atoms with Crippen molar-refractivity contribution in [1.82, 2.24) is 10.0 Å². The van der Waals surface area contributed by atoms with Crippen LogP contribution in [0.15, 0.2) is 0 Å². The van der Waals surface area contributed by atoms with E-state index in [4.69, 9.17) is 5.73 Å². The Bertz CT molecular complexity index is 290. The van der Waals surface area contributed by atoms with Crippen molar-refractivity contribution in [3.63, 3.8) is 0 Å². The third-order valence-electron chi connectivity index (χ3n) is 2.03. The van der Waals surface area contributed by atoms with Crippen LogP contribution < -0.4 is 15.8 Å². The lowest BCUT2D eigenvalue weighted by molar-refractivity contribution is -0.124. The van der Waals surface area contributed by atoms with E-state index in [-0.39, 0.29) is 24.1 Å². The van der Waals surface area contributed by atoms with E-state index in [1.165, 1.54) is 7.05 Å². The highest BCUT2D eigenvalue weighted by molar-refractivity contribution is 7.89. The molecule has 0 aliphatic rings. The van der Waals surface area contributed by atoms with E-state index < -0.39 is 10.0 Å². The van der Waals surface area contributed by atoms with E-state index in [1.807, 2.05) is 0 Å². The molecule has 0 saturated carbocycles. The second-order valence-corrected chi connectivity index (χ2v) is 5.34. The predicted molar refractivity (Wildman–Crippen MR) is 58.7 cm³/mol. The molecule has 0 spiro atoms. The van der Waals surface area contributed by atoms with Crippen LogP contribution in [0.25, 0.3) is 0 Å². The highest BCUT2D eigenvalue weighted by Gasteiger charge is 2.12. The number of carbonyl (C=O) groups excluding carboxylic acids is 1.